The number of amides is 2. The van der Waals surface area contributed by atoms with Gasteiger partial charge in [-0.1, -0.05) is 37.6 Å². The number of unbranched alkanes of at least 4 members (excludes halogenated alkanes) is 1. The SMILES string of the molecule is CCCCOC(=O)c1cccc(NC(=O)CCC(=O)OCC(=O)Nc2ccc(Oc3ccccc3)cc2)c1. The van der Waals surface area contributed by atoms with Crippen LogP contribution in [0, 0.1) is 0 Å². The average Bonchev–Trinajstić information content (AvgIpc) is 2.92. The number of rotatable bonds is 13. The number of hydrogen-bond donors (Lipinski definition) is 2. The number of carbonyl (C=O) groups is 4. The first-order valence-electron chi connectivity index (χ1n) is 12.3. The number of ether oxygens (including phenoxy) is 3. The Morgan fingerprint density at radius 3 is 2.16 bits per heavy atom. The third-order valence-corrected chi connectivity index (χ3v) is 5.15. The van der Waals surface area contributed by atoms with Gasteiger partial charge < -0.3 is 24.8 Å². The quantitative estimate of drug-likeness (QED) is 0.232. The maximum atomic E-state index is 12.2. The summed E-state index contributed by atoms with van der Waals surface area (Å²) in [4.78, 5) is 48.4. The molecule has 2 amide bonds. The molecule has 0 spiro atoms. The molecular weight excluding hydrogens is 488 g/mol. The molecule has 0 aliphatic carbocycles. The highest BCUT2D eigenvalue weighted by atomic mass is 16.5. The zero-order chi connectivity index (χ0) is 27.2. The minimum Gasteiger partial charge on any atom is -0.462 e. The molecule has 198 valence electrons. The Bertz CT molecular complexity index is 1230. The molecule has 0 atom stereocenters. The van der Waals surface area contributed by atoms with Crippen molar-refractivity contribution in [1.29, 1.82) is 0 Å². The summed E-state index contributed by atoms with van der Waals surface area (Å²) in [6.45, 7) is 1.85. The molecule has 0 unspecified atom stereocenters. The molecule has 0 radical (unpaired) electrons. The van der Waals surface area contributed by atoms with Gasteiger partial charge >= 0.3 is 11.9 Å². The Hall–Kier alpha value is -4.66. The highest BCUT2D eigenvalue weighted by molar-refractivity contribution is 5.96. The monoisotopic (exact) mass is 518 g/mol. The number of nitrogens with one attached hydrogen (secondary N) is 2. The number of para-hydroxylation sites is 1. The predicted octanol–water partition coefficient (Wildman–Crippen LogP) is 5.34. The fourth-order valence-electron chi connectivity index (χ4n) is 3.20. The molecule has 2 N–H and O–H groups in total. The van der Waals surface area contributed by atoms with Gasteiger partial charge in [0.05, 0.1) is 18.6 Å². The van der Waals surface area contributed by atoms with Gasteiger partial charge in [0.25, 0.3) is 5.91 Å². The van der Waals surface area contributed by atoms with Crippen LogP contribution < -0.4 is 15.4 Å². The zero-order valence-corrected chi connectivity index (χ0v) is 21.1. The van der Waals surface area contributed by atoms with Gasteiger partial charge in [-0.2, -0.15) is 0 Å². The molecule has 0 fully saturated rings. The summed E-state index contributed by atoms with van der Waals surface area (Å²) < 4.78 is 15.8. The first-order valence-corrected chi connectivity index (χ1v) is 12.3. The van der Waals surface area contributed by atoms with Crippen LogP contribution in [0.15, 0.2) is 78.9 Å². The molecule has 0 bridgehead atoms. The predicted molar refractivity (Wildman–Crippen MR) is 142 cm³/mol. The van der Waals surface area contributed by atoms with E-state index < -0.39 is 30.4 Å². The Morgan fingerprint density at radius 2 is 1.42 bits per heavy atom. The highest BCUT2D eigenvalue weighted by Crippen LogP contribution is 2.22. The maximum Gasteiger partial charge on any atom is 0.338 e. The van der Waals surface area contributed by atoms with Crippen LogP contribution in [0.25, 0.3) is 0 Å². The Labute approximate surface area is 221 Å². The van der Waals surface area contributed by atoms with Crippen LogP contribution in [-0.4, -0.2) is 37.0 Å². The lowest BCUT2D eigenvalue weighted by atomic mass is 10.2. The molecule has 3 aromatic rings. The third kappa shape index (κ3) is 9.77. The van der Waals surface area contributed by atoms with E-state index in [-0.39, 0.29) is 12.8 Å². The fraction of sp³-hybridized carbons (Fsp3) is 0.241. The number of carbonyl (C=O) groups excluding carboxylic acids is 4. The van der Waals surface area contributed by atoms with Gasteiger partial charge in [-0.3, -0.25) is 14.4 Å². The van der Waals surface area contributed by atoms with E-state index in [1.165, 1.54) is 6.07 Å². The van der Waals surface area contributed by atoms with E-state index in [4.69, 9.17) is 14.2 Å². The van der Waals surface area contributed by atoms with Crippen LogP contribution in [-0.2, 0) is 23.9 Å². The second kappa shape index (κ2) is 14.8. The van der Waals surface area contributed by atoms with Crippen molar-refractivity contribution < 1.29 is 33.4 Å². The molecule has 0 aliphatic heterocycles. The number of benzene rings is 3. The highest BCUT2D eigenvalue weighted by Gasteiger charge is 2.13. The van der Waals surface area contributed by atoms with Crippen molar-refractivity contribution in [2.45, 2.75) is 32.6 Å². The number of esters is 2. The zero-order valence-electron chi connectivity index (χ0n) is 21.1. The number of anilines is 2. The molecular formula is C29H30N2O7. The Balaban J connectivity index is 1.35. The molecule has 9 heteroatoms. The van der Waals surface area contributed by atoms with Crippen molar-refractivity contribution in [1.82, 2.24) is 0 Å². The first kappa shape index (κ1) is 27.9. The summed E-state index contributed by atoms with van der Waals surface area (Å²) in [7, 11) is 0. The molecule has 9 nitrogen and oxygen atoms in total. The summed E-state index contributed by atoms with van der Waals surface area (Å²) in [5.41, 5.74) is 1.25. The van der Waals surface area contributed by atoms with Crippen LogP contribution >= 0.6 is 0 Å². The molecule has 3 aromatic carbocycles. The lowest BCUT2D eigenvalue weighted by Crippen LogP contribution is -2.21. The van der Waals surface area contributed by atoms with Crippen LogP contribution in [0.1, 0.15) is 43.0 Å². The molecule has 0 heterocycles. The van der Waals surface area contributed by atoms with Gasteiger partial charge in [-0.25, -0.2) is 4.79 Å². The van der Waals surface area contributed by atoms with E-state index in [2.05, 4.69) is 10.6 Å². The topological polar surface area (TPSA) is 120 Å². The Morgan fingerprint density at radius 1 is 0.711 bits per heavy atom. The lowest BCUT2D eigenvalue weighted by molar-refractivity contribution is -0.147. The minimum absolute atomic E-state index is 0.144. The normalized spacial score (nSPS) is 10.2. The van der Waals surface area contributed by atoms with Gasteiger partial charge in [0.1, 0.15) is 11.5 Å². The second-order valence-electron chi connectivity index (χ2n) is 8.27. The summed E-state index contributed by atoms with van der Waals surface area (Å²) >= 11 is 0. The van der Waals surface area contributed by atoms with Crippen LogP contribution in [0.5, 0.6) is 11.5 Å². The first-order chi connectivity index (χ1) is 18.4. The van der Waals surface area contributed by atoms with E-state index >= 15 is 0 Å². The summed E-state index contributed by atoms with van der Waals surface area (Å²) in [6, 6.07) is 22.4. The summed E-state index contributed by atoms with van der Waals surface area (Å²) in [5, 5.41) is 5.26. The number of hydrogen-bond acceptors (Lipinski definition) is 7. The van der Waals surface area contributed by atoms with Gasteiger partial charge in [-0.05, 0) is 61.0 Å². The van der Waals surface area contributed by atoms with Crippen molar-refractivity contribution in [2.24, 2.45) is 0 Å². The molecule has 0 saturated heterocycles. The minimum atomic E-state index is -0.685. The molecule has 38 heavy (non-hydrogen) atoms. The van der Waals surface area contributed by atoms with E-state index in [0.29, 0.717) is 35.0 Å². The van der Waals surface area contributed by atoms with Crippen LogP contribution in [0.4, 0.5) is 11.4 Å². The summed E-state index contributed by atoms with van der Waals surface area (Å²) in [6.07, 6.45) is 1.34. The second-order valence-corrected chi connectivity index (χ2v) is 8.27. The van der Waals surface area contributed by atoms with E-state index in [1.54, 1.807) is 42.5 Å². The summed E-state index contributed by atoms with van der Waals surface area (Å²) in [5.74, 6) is -0.788. The maximum absolute atomic E-state index is 12.2. The smallest absolute Gasteiger partial charge is 0.338 e. The molecule has 3 rings (SSSR count). The van der Waals surface area contributed by atoms with E-state index in [0.717, 1.165) is 12.8 Å². The van der Waals surface area contributed by atoms with Crippen molar-refractivity contribution in [3.63, 3.8) is 0 Å². The van der Waals surface area contributed by atoms with Gasteiger partial charge in [0.2, 0.25) is 5.91 Å². The van der Waals surface area contributed by atoms with Crippen molar-refractivity contribution in [2.75, 3.05) is 23.8 Å². The standard InChI is InChI=1S/C29H30N2O7/c1-2-3-18-36-29(35)21-8-7-9-23(19-21)31-26(32)16-17-28(34)37-20-27(33)30-22-12-14-25(15-13-22)38-24-10-5-4-6-11-24/h4-15,19H,2-3,16-18,20H2,1H3,(H,30,33)(H,31,32). The van der Waals surface area contributed by atoms with Gasteiger partial charge in [0, 0.05) is 17.8 Å². The third-order valence-electron chi connectivity index (χ3n) is 5.15. The van der Waals surface area contributed by atoms with Gasteiger partial charge in [-0.15, -0.1) is 0 Å². The van der Waals surface area contributed by atoms with Crippen LogP contribution in [0.2, 0.25) is 0 Å². The van der Waals surface area contributed by atoms with E-state index in [9.17, 15) is 19.2 Å². The molecule has 0 aromatic heterocycles. The van der Waals surface area contributed by atoms with Crippen molar-refractivity contribution in [3.8, 4) is 11.5 Å². The van der Waals surface area contributed by atoms with Crippen molar-refractivity contribution >= 4 is 35.1 Å². The average molecular weight is 519 g/mol. The van der Waals surface area contributed by atoms with E-state index in [1.807, 2.05) is 37.3 Å². The molecule has 0 saturated carbocycles. The van der Waals surface area contributed by atoms with Crippen LogP contribution in [0.3, 0.4) is 0 Å². The fourth-order valence-corrected chi connectivity index (χ4v) is 3.20. The largest absolute Gasteiger partial charge is 0.462 e. The van der Waals surface area contributed by atoms with Gasteiger partial charge in [0.15, 0.2) is 6.61 Å². The molecule has 0 aliphatic rings. The lowest BCUT2D eigenvalue weighted by Gasteiger charge is -2.09. The van der Waals surface area contributed by atoms with Crippen molar-refractivity contribution in [3.05, 3.63) is 84.4 Å². The Kier molecular flexibility index (Phi) is 10.9.